The molecule has 0 atom stereocenters. The van der Waals surface area contributed by atoms with Gasteiger partial charge in [-0.15, -0.1) is 0 Å². The lowest BCUT2D eigenvalue weighted by atomic mass is 9.93. The van der Waals surface area contributed by atoms with Gasteiger partial charge in [0.05, 0.1) is 11.0 Å². The van der Waals surface area contributed by atoms with Crippen LogP contribution < -0.4 is 4.90 Å². The standard InChI is InChI=1S/C56H36N2O/c1-2-16-40(17-3-1)58-53-26-10-8-22-48(53)51-25-13-24-45(56(51)58)38-15-12-18-42(34-38)57(43-32-33-50-49-23-9-11-27-54(49)59-55(50)36-43)41-30-28-37(29-31-41)52-35-39-14-4-5-19-44(39)46-20-6-7-21-47(46)52/h1-36H. The summed E-state index contributed by atoms with van der Waals surface area (Å²) in [4.78, 5) is 2.35. The van der Waals surface area contributed by atoms with E-state index in [1.807, 2.05) is 12.1 Å². The number of furan rings is 1. The van der Waals surface area contributed by atoms with Gasteiger partial charge < -0.3 is 13.9 Å². The van der Waals surface area contributed by atoms with Crippen molar-refractivity contribution in [1.29, 1.82) is 0 Å². The number of para-hydroxylation sites is 4. The molecule has 0 radical (unpaired) electrons. The SMILES string of the molecule is c1ccc(-n2c3ccccc3c3cccc(-c4cccc(N(c5ccc(-c6cc7ccccc7c7ccccc67)cc5)c5ccc6c(c5)oc5ccccc56)c4)c32)cc1. The van der Waals surface area contributed by atoms with Gasteiger partial charge in [-0.3, -0.25) is 0 Å². The fourth-order valence-electron chi connectivity index (χ4n) is 9.29. The highest BCUT2D eigenvalue weighted by atomic mass is 16.3. The van der Waals surface area contributed by atoms with E-state index < -0.39 is 0 Å². The summed E-state index contributed by atoms with van der Waals surface area (Å²) in [5, 5.41) is 9.73. The predicted molar refractivity (Wildman–Crippen MR) is 249 cm³/mol. The molecule has 0 aliphatic heterocycles. The summed E-state index contributed by atoms with van der Waals surface area (Å²) in [5.74, 6) is 0. The lowest BCUT2D eigenvalue weighted by molar-refractivity contribution is 0.669. The third-order valence-electron chi connectivity index (χ3n) is 11.9. The van der Waals surface area contributed by atoms with Gasteiger partial charge in [0, 0.05) is 55.9 Å². The third kappa shape index (κ3) is 5.36. The van der Waals surface area contributed by atoms with Gasteiger partial charge in [0.25, 0.3) is 0 Å². The Morgan fingerprint density at radius 1 is 0.339 bits per heavy atom. The van der Waals surface area contributed by atoms with E-state index in [1.54, 1.807) is 0 Å². The molecule has 12 aromatic rings. The van der Waals surface area contributed by atoms with E-state index in [0.29, 0.717) is 0 Å². The van der Waals surface area contributed by atoms with Crippen LogP contribution in [0.25, 0.3) is 93.2 Å². The highest BCUT2D eigenvalue weighted by Crippen LogP contribution is 2.43. The van der Waals surface area contributed by atoms with Crippen molar-refractivity contribution in [1.82, 2.24) is 4.57 Å². The maximum atomic E-state index is 6.46. The Morgan fingerprint density at radius 3 is 1.85 bits per heavy atom. The highest BCUT2D eigenvalue weighted by molar-refractivity contribution is 6.15. The van der Waals surface area contributed by atoms with Gasteiger partial charge in [0.15, 0.2) is 0 Å². The Bertz CT molecular complexity index is 3560. The van der Waals surface area contributed by atoms with Crippen LogP contribution in [0.2, 0.25) is 0 Å². The first-order valence-corrected chi connectivity index (χ1v) is 20.2. The third-order valence-corrected chi connectivity index (χ3v) is 11.9. The van der Waals surface area contributed by atoms with E-state index >= 15 is 0 Å². The minimum atomic E-state index is 0.862. The van der Waals surface area contributed by atoms with Crippen molar-refractivity contribution in [3.63, 3.8) is 0 Å². The quantitative estimate of drug-likeness (QED) is 0.158. The molecule has 276 valence electrons. The second-order valence-corrected chi connectivity index (χ2v) is 15.3. The average molecular weight is 753 g/mol. The Hall–Kier alpha value is -7.88. The van der Waals surface area contributed by atoms with Crippen molar-refractivity contribution in [2.24, 2.45) is 0 Å². The summed E-state index contributed by atoms with van der Waals surface area (Å²) in [7, 11) is 0. The molecule has 0 N–H and O–H groups in total. The van der Waals surface area contributed by atoms with Crippen LogP contribution in [0.4, 0.5) is 17.1 Å². The van der Waals surface area contributed by atoms with Crippen molar-refractivity contribution in [3.05, 3.63) is 218 Å². The molecule has 0 spiro atoms. The maximum Gasteiger partial charge on any atom is 0.137 e. The number of rotatable bonds is 6. The fraction of sp³-hybridized carbons (Fsp3) is 0. The molecule has 0 saturated heterocycles. The number of benzene rings is 10. The summed E-state index contributed by atoms with van der Waals surface area (Å²) < 4.78 is 8.88. The van der Waals surface area contributed by atoms with Gasteiger partial charge in [-0.1, -0.05) is 146 Å². The van der Waals surface area contributed by atoms with Gasteiger partial charge >= 0.3 is 0 Å². The predicted octanol–water partition coefficient (Wildman–Crippen LogP) is 15.8. The Kier molecular flexibility index (Phi) is 7.54. The number of fused-ring (bicyclic) bond motifs is 9. The van der Waals surface area contributed by atoms with Crippen LogP contribution in [0.15, 0.2) is 223 Å². The molecule has 3 nitrogen and oxygen atoms in total. The fourth-order valence-corrected chi connectivity index (χ4v) is 9.29. The first-order chi connectivity index (χ1) is 29.3. The largest absolute Gasteiger partial charge is 0.456 e. The molecule has 2 aromatic heterocycles. The summed E-state index contributed by atoms with van der Waals surface area (Å²) in [6.45, 7) is 0. The summed E-state index contributed by atoms with van der Waals surface area (Å²) in [5.41, 5.74) is 13.1. The van der Waals surface area contributed by atoms with E-state index in [-0.39, 0.29) is 0 Å². The smallest absolute Gasteiger partial charge is 0.137 e. The van der Waals surface area contributed by atoms with E-state index in [0.717, 1.165) is 50.3 Å². The summed E-state index contributed by atoms with van der Waals surface area (Å²) >= 11 is 0. The molecular formula is C56H36N2O. The molecule has 2 heterocycles. The number of nitrogens with zero attached hydrogens (tertiary/aromatic N) is 2. The molecule has 0 saturated carbocycles. The van der Waals surface area contributed by atoms with E-state index in [4.69, 9.17) is 4.42 Å². The first kappa shape index (κ1) is 33.3. The molecule has 10 aromatic carbocycles. The van der Waals surface area contributed by atoms with Crippen molar-refractivity contribution >= 4 is 82.4 Å². The van der Waals surface area contributed by atoms with Crippen LogP contribution in [0, 0.1) is 0 Å². The molecule has 0 fully saturated rings. The number of hydrogen-bond donors (Lipinski definition) is 0. The van der Waals surface area contributed by atoms with Crippen LogP contribution in [-0.2, 0) is 0 Å². The Morgan fingerprint density at radius 2 is 0.983 bits per heavy atom. The second kappa shape index (κ2) is 13.4. The minimum Gasteiger partial charge on any atom is -0.456 e. The Labute approximate surface area is 341 Å². The molecule has 0 amide bonds. The molecule has 0 bridgehead atoms. The van der Waals surface area contributed by atoms with E-state index in [1.165, 1.54) is 60.0 Å². The minimum absolute atomic E-state index is 0.862. The van der Waals surface area contributed by atoms with Crippen LogP contribution in [0.3, 0.4) is 0 Å². The van der Waals surface area contributed by atoms with E-state index in [2.05, 4.69) is 216 Å². The lowest BCUT2D eigenvalue weighted by Crippen LogP contribution is -2.10. The lowest BCUT2D eigenvalue weighted by Gasteiger charge is -2.26. The summed E-state index contributed by atoms with van der Waals surface area (Å²) in [6.07, 6.45) is 0. The molecule has 0 aliphatic rings. The Balaban J connectivity index is 1.05. The topological polar surface area (TPSA) is 21.3 Å². The van der Waals surface area contributed by atoms with Gasteiger partial charge in [-0.2, -0.15) is 0 Å². The number of aromatic nitrogens is 1. The molecule has 59 heavy (non-hydrogen) atoms. The zero-order chi connectivity index (χ0) is 38.9. The summed E-state index contributed by atoms with van der Waals surface area (Å²) in [6, 6.07) is 78.7. The van der Waals surface area contributed by atoms with Crippen molar-refractivity contribution in [2.45, 2.75) is 0 Å². The molecule has 3 heteroatoms. The normalized spacial score (nSPS) is 11.7. The molecular weight excluding hydrogens is 717 g/mol. The van der Waals surface area contributed by atoms with Crippen LogP contribution in [-0.4, -0.2) is 4.57 Å². The monoisotopic (exact) mass is 752 g/mol. The number of hydrogen-bond acceptors (Lipinski definition) is 2. The van der Waals surface area contributed by atoms with Crippen molar-refractivity contribution in [3.8, 4) is 27.9 Å². The van der Waals surface area contributed by atoms with E-state index in [9.17, 15) is 0 Å². The van der Waals surface area contributed by atoms with Crippen LogP contribution in [0.1, 0.15) is 0 Å². The van der Waals surface area contributed by atoms with Crippen molar-refractivity contribution < 1.29 is 4.42 Å². The average Bonchev–Trinajstić information content (AvgIpc) is 3.85. The van der Waals surface area contributed by atoms with Crippen molar-refractivity contribution in [2.75, 3.05) is 4.90 Å². The van der Waals surface area contributed by atoms with Crippen LogP contribution >= 0.6 is 0 Å². The number of anilines is 3. The van der Waals surface area contributed by atoms with Gasteiger partial charge in [0.1, 0.15) is 11.2 Å². The maximum absolute atomic E-state index is 6.46. The molecule has 12 rings (SSSR count). The highest BCUT2D eigenvalue weighted by Gasteiger charge is 2.20. The first-order valence-electron chi connectivity index (χ1n) is 20.2. The zero-order valence-corrected chi connectivity index (χ0v) is 32.1. The second-order valence-electron chi connectivity index (χ2n) is 15.3. The van der Waals surface area contributed by atoms with Crippen LogP contribution in [0.5, 0.6) is 0 Å². The van der Waals surface area contributed by atoms with Gasteiger partial charge in [0.2, 0.25) is 0 Å². The molecule has 0 aliphatic carbocycles. The zero-order valence-electron chi connectivity index (χ0n) is 32.1. The molecule has 0 unspecified atom stereocenters. The van der Waals surface area contributed by atoms with Gasteiger partial charge in [-0.25, -0.2) is 0 Å². The van der Waals surface area contributed by atoms with Gasteiger partial charge in [-0.05, 0) is 105 Å².